The van der Waals surface area contributed by atoms with E-state index in [1.807, 2.05) is 40.9 Å². The van der Waals surface area contributed by atoms with Crippen LogP contribution in [0.25, 0.3) is 11.7 Å². The van der Waals surface area contributed by atoms with Crippen LogP contribution < -0.4 is 5.32 Å². The maximum atomic E-state index is 11.8. The minimum absolute atomic E-state index is 0.201. The molecule has 1 amide bonds. The molecular weight excluding hydrogens is 300 g/mol. The molecule has 22 heavy (non-hydrogen) atoms. The normalized spacial score (nSPS) is 11.1. The fourth-order valence-electron chi connectivity index (χ4n) is 2.02. The molecule has 0 unspecified atom stereocenters. The SMILES string of the molecule is O=C(/C=C/c1cccc(Cl)c1)NCc1nnc2ccccn12. The van der Waals surface area contributed by atoms with E-state index >= 15 is 0 Å². The number of hydrogen-bond donors (Lipinski definition) is 1. The van der Waals surface area contributed by atoms with E-state index in [1.165, 1.54) is 6.08 Å². The molecule has 6 heteroatoms. The van der Waals surface area contributed by atoms with Crippen molar-refractivity contribution in [3.63, 3.8) is 0 Å². The topological polar surface area (TPSA) is 59.3 Å². The van der Waals surface area contributed by atoms with Crippen LogP contribution in [0.3, 0.4) is 0 Å². The van der Waals surface area contributed by atoms with Gasteiger partial charge in [-0.2, -0.15) is 0 Å². The van der Waals surface area contributed by atoms with Crippen LogP contribution >= 0.6 is 11.6 Å². The lowest BCUT2D eigenvalue weighted by atomic mass is 10.2. The fourth-order valence-corrected chi connectivity index (χ4v) is 2.22. The van der Waals surface area contributed by atoms with Crippen molar-refractivity contribution in [2.45, 2.75) is 6.54 Å². The van der Waals surface area contributed by atoms with Gasteiger partial charge >= 0.3 is 0 Å². The second kappa shape index (κ2) is 6.41. The molecule has 0 spiro atoms. The van der Waals surface area contributed by atoms with Crippen LogP contribution in [-0.2, 0) is 11.3 Å². The number of fused-ring (bicyclic) bond motifs is 1. The van der Waals surface area contributed by atoms with Gasteiger partial charge in [0.05, 0.1) is 6.54 Å². The van der Waals surface area contributed by atoms with E-state index in [-0.39, 0.29) is 5.91 Å². The molecule has 1 N–H and O–H groups in total. The van der Waals surface area contributed by atoms with Gasteiger partial charge in [-0.15, -0.1) is 10.2 Å². The van der Waals surface area contributed by atoms with Gasteiger partial charge in [0, 0.05) is 17.3 Å². The van der Waals surface area contributed by atoms with Crippen molar-refractivity contribution in [2.24, 2.45) is 0 Å². The summed E-state index contributed by atoms with van der Waals surface area (Å²) in [5.74, 6) is 0.479. The molecule has 3 aromatic rings. The zero-order valence-electron chi connectivity index (χ0n) is 11.6. The maximum Gasteiger partial charge on any atom is 0.244 e. The van der Waals surface area contributed by atoms with Crippen LogP contribution in [0.4, 0.5) is 0 Å². The Morgan fingerprint density at radius 2 is 2.14 bits per heavy atom. The summed E-state index contributed by atoms with van der Waals surface area (Å²) in [6.45, 7) is 0.309. The summed E-state index contributed by atoms with van der Waals surface area (Å²) in [7, 11) is 0. The Balaban J connectivity index is 1.63. The summed E-state index contributed by atoms with van der Waals surface area (Å²) in [6, 6.07) is 12.9. The highest BCUT2D eigenvalue weighted by Gasteiger charge is 2.05. The van der Waals surface area contributed by atoms with Crippen molar-refractivity contribution in [3.05, 3.63) is 71.1 Å². The van der Waals surface area contributed by atoms with E-state index < -0.39 is 0 Å². The second-order valence-corrected chi connectivity index (χ2v) is 5.09. The molecule has 3 rings (SSSR count). The Kier molecular flexibility index (Phi) is 4.16. The maximum absolute atomic E-state index is 11.8. The summed E-state index contributed by atoms with van der Waals surface area (Å²) in [6.07, 6.45) is 5.04. The number of nitrogens with zero attached hydrogens (tertiary/aromatic N) is 3. The average Bonchev–Trinajstić information content (AvgIpc) is 2.94. The third-order valence-corrected chi connectivity index (χ3v) is 3.32. The minimum Gasteiger partial charge on any atom is -0.345 e. The number of carbonyl (C=O) groups excluding carboxylic acids is 1. The molecule has 0 aliphatic carbocycles. The largest absolute Gasteiger partial charge is 0.345 e. The van der Waals surface area contributed by atoms with Gasteiger partial charge in [-0.1, -0.05) is 29.8 Å². The molecule has 1 aromatic carbocycles. The smallest absolute Gasteiger partial charge is 0.244 e. The van der Waals surface area contributed by atoms with Gasteiger partial charge in [0.2, 0.25) is 5.91 Å². The van der Waals surface area contributed by atoms with Gasteiger partial charge in [-0.3, -0.25) is 9.20 Å². The number of pyridine rings is 1. The zero-order chi connectivity index (χ0) is 15.4. The molecule has 0 aliphatic heterocycles. The average molecular weight is 313 g/mol. The van der Waals surface area contributed by atoms with Crippen LogP contribution in [0, 0.1) is 0 Å². The van der Waals surface area contributed by atoms with Crippen LogP contribution in [0.15, 0.2) is 54.7 Å². The molecule has 0 aliphatic rings. The summed E-state index contributed by atoms with van der Waals surface area (Å²) >= 11 is 5.89. The molecule has 0 saturated carbocycles. The number of hydrogen-bond acceptors (Lipinski definition) is 3. The first kappa shape index (κ1) is 14.3. The summed E-state index contributed by atoms with van der Waals surface area (Å²) in [5, 5.41) is 11.5. The molecule has 2 heterocycles. The molecule has 0 saturated heterocycles. The fraction of sp³-hybridized carbons (Fsp3) is 0.0625. The Morgan fingerprint density at radius 3 is 3.00 bits per heavy atom. The first-order valence-electron chi connectivity index (χ1n) is 6.72. The van der Waals surface area contributed by atoms with Gasteiger partial charge in [0.1, 0.15) is 0 Å². The summed E-state index contributed by atoms with van der Waals surface area (Å²) < 4.78 is 1.83. The Morgan fingerprint density at radius 1 is 1.23 bits per heavy atom. The van der Waals surface area contributed by atoms with Crippen LogP contribution in [0.2, 0.25) is 5.02 Å². The lowest BCUT2D eigenvalue weighted by Gasteiger charge is -2.01. The number of aromatic nitrogens is 3. The number of benzene rings is 1. The van der Waals surface area contributed by atoms with E-state index in [0.717, 1.165) is 11.2 Å². The van der Waals surface area contributed by atoms with Crippen molar-refractivity contribution in [3.8, 4) is 0 Å². The predicted octanol–water partition coefficient (Wildman–Crippen LogP) is 2.71. The first-order chi connectivity index (χ1) is 10.7. The molecule has 2 aromatic heterocycles. The van der Waals surface area contributed by atoms with Gasteiger partial charge in [-0.05, 0) is 35.9 Å². The number of carbonyl (C=O) groups is 1. The molecule has 0 bridgehead atoms. The number of nitrogens with one attached hydrogen (secondary N) is 1. The quantitative estimate of drug-likeness (QED) is 0.754. The van der Waals surface area contributed by atoms with Crippen LogP contribution in [0.5, 0.6) is 0 Å². The monoisotopic (exact) mass is 312 g/mol. The minimum atomic E-state index is -0.201. The van der Waals surface area contributed by atoms with E-state index in [1.54, 1.807) is 18.2 Å². The lowest BCUT2D eigenvalue weighted by Crippen LogP contribution is -2.21. The van der Waals surface area contributed by atoms with Crippen LogP contribution in [0.1, 0.15) is 11.4 Å². The molecule has 0 radical (unpaired) electrons. The van der Waals surface area contributed by atoms with Gasteiger partial charge in [0.15, 0.2) is 11.5 Å². The molecule has 5 nitrogen and oxygen atoms in total. The van der Waals surface area contributed by atoms with E-state index in [9.17, 15) is 4.79 Å². The second-order valence-electron chi connectivity index (χ2n) is 4.65. The Hall–Kier alpha value is -2.66. The number of rotatable bonds is 4. The highest BCUT2D eigenvalue weighted by atomic mass is 35.5. The Bertz CT molecular complexity index is 841. The number of amides is 1. The van der Waals surface area contributed by atoms with Crippen molar-refractivity contribution >= 4 is 29.2 Å². The first-order valence-corrected chi connectivity index (χ1v) is 7.10. The van der Waals surface area contributed by atoms with E-state index in [2.05, 4.69) is 15.5 Å². The molecular formula is C16H13ClN4O. The van der Waals surface area contributed by atoms with E-state index in [0.29, 0.717) is 17.4 Å². The number of halogens is 1. The summed E-state index contributed by atoms with van der Waals surface area (Å²) in [4.78, 5) is 11.8. The summed E-state index contributed by atoms with van der Waals surface area (Å²) in [5.41, 5.74) is 1.62. The lowest BCUT2D eigenvalue weighted by molar-refractivity contribution is -0.116. The molecule has 0 fully saturated rings. The van der Waals surface area contributed by atoms with Crippen molar-refractivity contribution in [2.75, 3.05) is 0 Å². The van der Waals surface area contributed by atoms with Crippen molar-refractivity contribution in [1.29, 1.82) is 0 Å². The third kappa shape index (κ3) is 3.32. The molecule has 110 valence electrons. The zero-order valence-corrected chi connectivity index (χ0v) is 12.4. The Labute approximate surface area is 132 Å². The van der Waals surface area contributed by atoms with Gasteiger partial charge < -0.3 is 5.32 Å². The molecule has 0 atom stereocenters. The van der Waals surface area contributed by atoms with Crippen molar-refractivity contribution in [1.82, 2.24) is 19.9 Å². The highest BCUT2D eigenvalue weighted by Crippen LogP contribution is 2.11. The standard InChI is InChI=1S/C16H13ClN4O/c17-13-5-3-4-12(10-13)7-8-16(22)18-11-15-20-19-14-6-1-2-9-21(14)15/h1-10H,11H2,(H,18,22)/b8-7+. The third-order valence-electron chi connectivity index (χ3n) is 3.08. The van der Waals surface area contributed by atoms with Crippen molar-refractivity contribution < 1.29 is 4.79 Å². The predicted molar refractivity (Wildman–Crippen MR) is 85.3 cm³/mol. The highest BCUT2D eigenvalue weighted by molar-refractivity contribution is 6.30. The van der Waals surface area contributed by atoms with Crippen LogP contribution in [-0.4, -0.2) is 20.5 Å². The van der Waals surface area contributed by atoms with Gasteiger partial charge in [-0.25, -0.2) is 0 Å². The van der Waals surface area contributed by atoms with E-state index in [4.69, 9.17) is 11.6 Å². The van der Waals surface area contributed by atoms with Gasteiger partial charge in [0.25, 0.3) is 0 Å².